The van der Waals surface area contributed by atoms with Gasteiger partial charge in [0.25, 0.3) is 0 Å². The second-order valence-electron chi connectivity index (χ2n) is 6.86. The molecule has 1 heterocycles. The van der Waals surface area contributed by atoms with E-state index in [4.69, 9.17) is 0 Å². The van der Waals surface area contributed by atoms with Crippen LogP contribution in [0.2, 0.25) is 0 Å². The molecule has 164 valence electrons. The maximum Gasteiger partial charge on any atom is 0.387 e. The highest BCUT2D eigenvalue weighted by atomic mass is 19.3. The number of alkyl halides is 4. The van der Waals surface area contributed by atoms with Crippen LogP contribution in [0.3, 0.4) is 0 Å². The van der Waals surface area contributed by atoms with Crippen molar-refractivity contribution in [2.24, 2.45) is 0 Å². The minimum atomic E-state index is -2.90. The van der Waals surface area contributed by atoms with Crippen molar-refractivity contribution < 1.29 is 27.0 Å². The van der Waals surface area contributed by atoms with Crippen LogP contribution in [0.1, 0.15) is 5.56 Å². The van der Waals surface area contributed by atoms with Gasteiger partial charge in [-0.15, -0.1) is 0 Å². The van der Waals surface area contributed by atoms with Crippen LogP contribution in [-0.2, 0) is 6.54 Å². The normalized spacial score (nSPS) is 11.2. The van der Waals surface area contributed by atoms with Crippen molar-refractivity contribution in [2.75, 3.05) is 0 Å². The lowest BCUT2D eigenvalue weighted by Crippen LogP contribution is -2.04. The molecule has 0 saturated heterocycles. The van der Waals surface area contributed by atoms with Crippen molar-refractivity contribution in [3.05, 3.63) is 90.5 Å². The van der Waals surface area contributed by atoms with E-state index in [1.807, 2.05) is 36.4 Å². The van der Waals surface area contributed by atoms with E-state index in [1.165, 1.54) is 24.3 Å². The molecule has 0 fully saturated rings. The summed E-state index contributed by atoms with van der Waals surface area (Å²) in [5.41, 5.74) is 3.91. The van der Waals surface area contributed by atoms with Gasteiger partial charge in [-0.1, -0.05) is 30.3 Å². The molecule has 32 heavy (non-hydrogen) atoms. The summed E-state index contributed by atoms with van der Waals surface area (Å²) >= 11 is 0. The molecule has 4 rings (SSSR count). The monoisotopic (exact) mass is 442 g/mol. The number of aromatic nitrogens is 2. The minimum absolute atomic E-state index is 0.0577. The Kier molecular flexibility index (Phi) is 6.39. The van der Waals surface area contributed by atoms with Crippen molar-refractivity contribution >= 4 is 0 Å². The molecule has 0 spiro atoms. The van der Waals surface area contributed by atoms with Gasteiger partial charge in [0.1, 0.15) is 11.5 Å². The predicted octanol–water partition coefficient (Wildman–Crippen LogP) is 6.47. The Morgan fingerprint density at radius 2 is 1.22 bits per heavy atom. The zero-order valence-electron chi connectivity index (χ0n) is 16.7. The van der Waals surface area contributed by atoms with E-state index in [9.17, 15) is 17.6 Å². The number of hydrogen-bond donors (Lipinski definition) is 0. The van der Waals surface area contributed by atoms with Crippen molar-refractivity contribution in [3.63, 3.8) is 0 Å². The summed E-state index contributed by atoms with van der Waals surface area (Å²) in [4.78, 5) is 0. The Balaban J connectivity index is 1.68. The SMILES string of the molecule is FC(F)Oc1ccc(-c2cc(-c3ccc(OC(F)F)cc3)n(Cc3ccccc3)n2)cc1. The van der Waals surface area contributed by atoms with Gasteiger partial charge in [0.2, 0.25) is 0 Å². The molecular weight excluding hydrogens is 424 g/mol. The van der Waals surface area contributed by atoms with Crippen LogP contribution in [-0.4, -0.2) is 23.0 Å². The smallest absolute Gasteiger partial charge is 0.387 e. The molecule has 0 amide bonds. The Morgan fingerprint density at radius 1 is 0.688 bits per heavy atom. The zero-order chi connectivity index (χ0) is 22.5. The molecule has 0 bridgehead atoms. The molecule has 0 saturated carbocycles. The first-order valence-electron chi connectivity index (χ1n) is 9.70. The summed E-state index contributed by atoms with van der Waals surface area (Å²) in [6.45, 7) is -5.31. The predicted molar refractivity (Wildman–Crippen MR) is 112 cm³/mol. The van der Waals surface area contributed by atoms with Crippen LogP contribution in [0, 0.1) is 0 Å². The second-order valence-corrected chi connectivity index (χ2v) is 6.86. The van der Waals surface area contributed by atoms with Crippen LogP contribution < -0.4 is 9.47 Å². The summed E-state index contributed by atoms with van der Waals surface area (Å²) in [5.74, 6) is 0.120. The van der Waals surface area contributed by atoms with Crippen molar-refractivity contribution in [2.45, 2.75) is 19.8 Å². The molecule has 4 aromatic rings. The van der Waals surface area contributed by atoms with E-state index in [0.29, 0.717) is 12.2 Å². The molecule has 0 aliphatic carbocycles. The summed E-state index contributed by atoms with van der Waals surface area (Å²) in [7, 11) is 0. The fourth-order valence-electron chi connectivity index (χ4n) is 3.28. The molecule has 0 unspecified atom stereocenters. The molecule has 4 nitrogen and oxygen atoms in total. The quantitative estimate of drug-likeness (QED) is 0.294. The third-order valence-electron chi connectivity index (χ3n) is 4.71. The van der Waals surface area contributed by atoms with Gasteiger partial charge in [0, 0.05) is 11.1 Å². The molecule has 0 aliphatic heterocycles. The fraction of sp³-hybridized carbons (Fsp3) is 0.125. The highest BCUT2D eigenvalue weighted by molar-refractivity contribution is 5.69. The lowest BCUT2D eigenvalue weighted by molar-refractivity contribution is -0.0505. The van der Waals surface area contributed by atoms with Crippen LogP contribution in [0.15, 0.2) is 84.9 Å². The van der Waals surface area contributed by atoms with E-state index in [2.05, 4.69) is 14.6 Å². The maximum absolute atomic E-state index is 12.5. The third kappa shape index (κ3) is 5.26. The number of benzene rings is 3. The van der Waals surface area contributed by atoms with Gasteiger partial charge >= 0.3 is 13.2 Å². The Labute approximate surface area is 181 Å². The number of rotatable bonds is 8. The van der Waals surface area contributed by atoms with Crippen LogP contribution in [0.25, 0.3) is 22.5 Å². The largest absolute Gasteiger partial charge is 0.435 e. The summed E-state index contributed by atoms with van der Waals surface area (Å²) in [5, 5.41) is 4.69. The van der Waals surface area contributed by atoms with Gasteiger partial charge in [0.05, 0.1) is 17.9 Å². The van der Waals surface area contributed by atoms with Crippen LogP contribution in [0.5, 0.6) is 11.5 Å². The van der Waals surface area contributed by atoms with Gasteiger partial charge in [-0.05, 0) is 60.2 Å². The number of hydrogen-bond acceptors (Lipinski definition) is 3. The average Bonchev–Trinajstić information content (AvgIpc) is 3.18. The first-order valence-corrected chi connectivity index (χ1v) is 9.70. The number of ether oxygens (including phenoxy) is 2. The van der Waals surface area contributed by atoms with Crippen molar-refractivity contribution in [3.8, 4) is 34.0 Å². The standard InChI is InChI=1S/C24H18F4N2O2/c25-23(26)31-19-10-6-17(7-11-19)21-14-22(18-8-12-20(13-9-18)32-24(27)28)30(29-21)15-16-4-2-1-3-5-16/h1-14,23-24H,15H2. The minimum Gasteiger partial charge on any atom is -0.435 e. The van der Waals surface area contributed by atoms with E-state index in [0.717, 1.165) is 22.4 Å². The van der Waals surface area contributed by atoms with E-state index < -0.39 is 13.2 Å². The van der Waals surface area contributed by atoms with Gasteiger partial charge in [0.15, 0.2) is 0 Å². The van der Waals surface area contributed by atoms with E-state index in [-0.39, 0.29) is 11.5 Å². The Bertz CT molecular complexity index is 1150. The zero-order valence-corrected chi connectivity index (χ0v) is 16.7. The Morgan fingerprint density at radius 3 is 1.75 bits per heavy atom. The highest BCUT2D eigenvalue weighted by Crippen LogP contribution is 2.30. The third-order valence-corrected chi connectivity index (χ3v) is 4.71. The molecule has 0 N–H and O–H groups in total. The van der Waals surface area contributed by atoms with Crippen molar-refractivity contribution in [1.29, 1.82) is 0 Å². The fourth-order valence-corrected chi connectivity index (χ4v) is 3.28. The average molecular weight is 442 g/mol. The van der Waals surface area contributed by atoms with Gasteiger partial charge in [-0.3, -0.25) is 4.68 Å². The molecule has 8 heteroatoms. The first-order chi connectivity index (χ1) is 15.5. The van der Waals surface area contributed by atoms with Crippen LogP contribution in [0.4, 0.5) is 17.6 Å². The van der Waals surface area contributed by atoms with Crippen molar-refractivity contribution in [1.82, 2.24) is 9.78 Å². The lowest BCUT2D eigenvalue weighted by atomic mass is 10.1. The van der Waals surface area contributed by atoms with Gasteiger partial charge < -0.3 is 9.47 Å². The topological polar surface area (TPSA) is 36.3 Å². The summed E-state index contributed by atoms with van der Waals surface area (Å²) in [6, 6.07) is 24.1. The molecule has 0 aliphatic rings. The van der Waals surface area contributed by atoms with Crippen LogP contribution >= 0.6 is 0 Å². The Hall–Kier alpha value is -3.81. The van der Waals surface area contributed by atoms with Gasteiger partial charge in [-0.2, -0.15) is 22.7 Å². The molecule has 1 aromatic heterocycles. The summed E-state index contributed by atoms with van der Waals surface area (Å²) in [6.07, 6.45) is 0. The highest BCUT2D eigenvalue weighted by Gasteiger charge is 2.14. The van der Waals surface area contributed by atoms with E-state index >= 15 is 0 Å². The second kappa shape index (κ2) is 9.55. The summed E-state index contributed by atoms with van der Waals surface area (Å²) < 4.78 is 60.3. The maximum atomic E-state index is 12.5. The van der Waals surface area contributed by atoms with Gasteiger partial charge in [-0.25, -0.2) is 0 Å². The number of halogens is 4. The first kappa shape index (κ1) is 21.4. The number of nitrogens with zero attached hydrogens (tertiary/aromatic N) is 2. The van der Waals surface area contributed by atoms with E-state index in [1.54, 1.807) is 28.9 Å². The lowest BCUT2D eigenvalue weighted by Gasteiger charge is -2.09. The molecule has 0 radical (unpaired) electrons. The molecular formula is C24H18F4N2O2. The molecule has 3 aromatic carbocycles. The molecule has 0 atom stereocenters.